The Kier molecular flexibility index (Phi) is 5.05. The fraction of sp³-hybridized carbons (Fsp3) is 0.0952. The van der Waals surface area contributed by atoms with Gasteiger partial charge in [-0.1, -0.05) is 11.6 Å². The van der Waals surface area contributed by atoms with Gasteiger partial charge in [0, 0.05) is 16.3 Å². The molecule has 0 aliphatic rings. The summed E-state index contributed by atoms with van der Waals surface area (Å²) in [5.41, 5.74) is 2.65. The average molecular weight is 450 g/mol. The lowest BCUT2D eigenvalue weighted by Gasteiger charge is -2.11. The zero-order valence-electron chi connectivity index (χ0n) is 16.6. The third-order valence-electron chi connectivity index (χ3n) is 4.61. The first-order chi connectivity index (χ1) is 15.1. The van der Waals surface area contributed by atoms with E-state index in [4.69, 9.17) is 16.3 Å². The zero-order valence-corrected chi connectivity index (χ0v) is 18.2. The third kappa shape index (κ3) is 3.73. The molecule has 0 atom stereocenters. The molecule has 0 saturated heterocycles. The molecular weight excluding hydrogens is 434 g/mol. The Morgan fingerprint density at radius 3 is 2.52 bits per heavy atom. The Balaban J connectivity index is 1.66. The van der Waals surface area contributed by atoms with Crippen molar-refractivity contribution in [3.8, 4) is 22.8 Å². The Hall–Kier alpha value is -3.43. The highest BCUT2D eigenvalue weighted by molar-refractivity contribution is 7.99. The van der Waals surface area contributed by atoms with Crippen molar-refractivity contribution in [1.82, 2.24) is 34.3 Å². The fourth-order valence-corrected chi connectivity index (χ4v) is 4.27. The molecule has 5 aromatic rings. The van der Waals surface area contributed by atoms with Gasteiger partial charge in [0.15, 0.2) is 5.82 Å². The SMILES string of the molecule is COc1ccc(-n2c(Sc3cc(C)nc4ncnn34)nnc2-c2ccc(Cl)cc2)cc1. The van der Waals surface area contributed by atoms with E-state index in [0.717, 1.165) is 27.7 Å². The van der Waals surface area contributed by atoms with Crippen LogP contribution in [0.2, 0.25) is 5.02 Å². The van der Waals surface area contributed by atoms with Gasteiger partial charge in [-0.15, -0.1) is 10.2 Å². The second-order valence-electron chi connectivity index (χ2n) is 6.66. The molecule has 0 unspecified atom stereocenters. The van der Waals surface area contributed by atoms with Gasteiger partial charge in [-0.05, 0) is 73.3 Å². The van der Waals surface area contributed by atoms with Gasteiger partial charge in [0.05, 0.1) is 12.8 Å². The van der Waals surface area contributed by atoms with Gasteiger partial charge in [-0.2, -0.15) is 14.6 Å². The van der Waals surface area contributed by atoms with Gasteiger partial charge in [-0.3, -0.25) is 4.57 Å². The van der Waals surface area contributed by atoms with E-state index in [0.29, 0.717) is 21.8 Å². The van der Waals surface area contributed by atoms with Crippen LogP contribution in [0.5, 0.6) is 5.75 Å². The van der Waals surface area contributed by atoms with Gasteiger partial charge in [-0.25, -0.2) is 4.98 Å². The van der Waals surface area contributed by atoms with Crippen LogP contribution in [-0.2, 0) is 0 Å². The van der Waals surface area contributed by atoms with Crippen molar-refractivity contribution in [2.45, 2.75) is 17.1 Å². The van der Waals surface area contributed by atoms with Gasteiger partial charge in [0.25, 0.3) is 5.78 Å². The molecule has 10 heteroatoms. The highest BCUT2D eigenvalue weighted by atomic mass is 35.5. The maximum absolute atomic E-state index is 6.08. The van der Waals surface area contributed by atoms with Gasteiger partial charge in [0.1, 0.15) is 17.1 Å². The van der Waals surface area contributed by atoms with Crippen LogP contribution in [0.3, 0.4) is 0 Å². The van der Waals surface area contributed by atoms with Crippen LogP contribution in [-0.4, -0.2) is 41.5 Å². The van der Waals surface area contributed by atoms with Crippen molar-refractivity contribution >= 4 is 29.1 Å². The standard InChI is InChI=1S/C21H16ClN7OS/c1-13-11-18(29-20(25-13)23-12-24-29)31-21-27-26-19(14-3-5-15(22)6-4-14)28(21)16-7-9-17(30-2)10-8-16/h3-12H,1-2H3. The summed E-state index contributed by atoms with van der Waals surface area (Å²) >= 11 is 7.52. The monoisotopic (exact) mass is 449 g/mol. The molecule has 0 spiro atoms. The van der Waals surface area contributed by atoms with Crippen molar-refractivity contribution in [2.24, 2.45) is 0 Å². The summed E-state index contributed by atoms with van der Waals surface area (Å²) < 4.78 is 8.99. The normalized spacial score (nSPS) is 11.2. The van der Waals surface area contributed by atoms with Crippen molar-refractivity contribution in [1.29, 1.82) is 0 Å². The first kappa shape index (κ1) is 19.5. The molecule has 8 nitrogen and oxygen atoms in total. The van der Waals surface area contributed by atoms with E-state index in [1.54, 1.807) is 11.6 Å². The highest BCUT2D eigenvalue weighted by Gasteiger charge is 2.19. The molecule has 0 fully saturated rings. The van der Waals surface area contributed by atoms with Crippen molar-refractivity contribution in [3.63, 3.8) is 0 Å². The minimum Gasteiger partial charge on any atom is -0.497 e. The molecule has 0 aliphatic carbocycles. The number of nitrogens with zero attached hydrogens (tertiary/aromatic N) is 7. The Labute approximate surface area is 186 Å². The predicted octanol–water partition coefficient (Wildman–Crippen LogP) is 4.49. The number of aromatic nitrogens is 7. The number of aryl methyl sites for hydroxylation is 1. The lowest BCUT2D eigenvalue weighted by atomic mass is 10.2. The van der Waals surface area contributed by atoms with E-state index in [1.165, 1.54) is 18.1 Å². The molecule has 3 aromatic heterocycles. The second-order valence-corrected chi connectivity index (χ2v) is 8.08. The van der Waals surface area contributed by atoms with Crippen molar-refractivity contribution in [3.05, 3.63) is 71.6 Å². The number of ether oxygens (including phenoxy) is 1. The van der Waals surface area contributed by atoms with Crippen LogP contribution < -0.4 is 4.74 Å². The van der Waals surface area contributed by atoms with Crippen LogP contribution >= 0.6 is 23.4 Å². The first-order valence-electron chi connectivity index (χ1n) is 9.33. The van der Waals surface area contributed by atoms with Gasteiger partial charge < -0.3 is 4.74 Å². The van der Waals surface area contributed by atoms with Crippen molar-refractivity contribution in [2.75, 3.05) is 7.11 Å². The number of fused-ring (bicyclic) bond motifs is 1. The molecular formula is C21H16ClN7OS. The van der Waals surface area contributed by atoms with Gasteiger partial charge in [0.2, 0.25) is 5.16 Å². The zero-order chi connectivity index (χ0) is 21.4. The third-order valence-corrected chi connectivity index (χ3v) is 5.81. The topological polar surface area (TPSA) is 83.0 Å². The predicted molar refractivity (Wildman–Crippen MR) is 118 cm³/mol. The molecule has 0 amide bonds. The number of methoxy groups -OCH3 is 1. The Bertz CT molecular complexity index is 1360. The van der Waals surface area contributed by atoms with E-state index in [-0.39, 0.29) is 0 Å². The highest BCUT2D eigenvalue weighted by Crippen LogP contribution is 2.33. The largest absolute Gasteiger partial charge is 0.497 e. The van der Waals surface area contributed by atoms with Crippen LogP contribution in [0.25, 0.3) is 22.9 Å². The Morgan fingerprint density at radius 2 is 1.77 bits per heavy atom. The maximum Gasteiger partial charge on any atom is 0.253 e. The summed E-state index contributed by atoms with van der Waals surface area (Å²) in [7, 11) is 1.64. The molecule has 0 N–H and O–H groups in total. The van der Waals surface area contributed by atoms with Crippen molar-refractivity contribution < 1.29 is 4.74 Å². The summed E-state index contributed by atoms with van der Waals surface area (Å²) in [6, 6.07) is 17.2. The minimum atomic E-state index is 0.538. The minimum absolute atomic E-state index is 0.538. The molecule has 0 bridgehead atoms. The Morgan fingerprint density at radius 1 is 1.00 bits per heavy atom. The lowest BCUT2D eigenvalue weighted by Crippen LogP contribution is -2.02. The van der Waals surface area contributed by atoms with Crippen LogP contribution in [0.4, 0.5) is 0 Å². The lowest BCUT2D eigenvalue weighted by molar-refractivity contribution is 0.414. The van der Waals surface area contributed by atoms with Crippen LogP contribution in [0, 0.1) is 6.92 Å². The summed E-state index contributed by atoms with van der Waals surface area (Å²) in [6.45, 7) is 1.92. The van der Waals surface area contributed by atoms with E-state index in [9.17, 15) is 0 Å². The molecule has 0 saturated carbocycles. The molecule has 2 aromatic carbocycles. The molecule has 0 radical (unpaired) electrons. The molecule has 31 heavy (non-hydrogen) atoms. The number of hydrogen-bond acceptors (Lipinski definition) is 7. The van der Waals surface area contributed by atoms with Gasteiger partial charge >= 0.3 is 0 Å². The van der Waals surface area contributed by atoms with E-state index < -0.39 is 0 Å². The number of benzene rings is 2. The number of rotatable bonds is 5. The second kappa shape index (κ2) is 8.01. The summed E-state index contributed by atoms with van der Waals surface area (Å²) in [5, 5.41) is 15.4. The summed E-state index contributed by atoms with van der Waals surface area (Å²) in [6.07, 6.45) is 1.49. The number of halogens is 1. The number of hydrogen-bond donors (Lipinski definition) is 0. The average Bonchev–Trinajstić information content (AvgIpc) is 3.41. The maximum atomic E-state index is 6.08. The summed E-state index contributed by atoms with van der Waals surface area (Å²) in [4.78, 5) is 8.61. The molecule has 5 rings (SSSR count). The smallest absolute Gasteiger partial charge is 0.253 e. The first-order valence-corrected chi connectivity index (χ1v) is 10.5. The van der Waals surface area contributed by atoms with Crippen LogP contribution in [0.15, 0.2) is 71.1 Å². The van der Waals surface area contributed by atoms with Crippen LogP contribution in [0.1, 0.15) is 5.69 Å². The van der Waals surface area contributed by atoms with E-state index in [1.807, 2.05) is 66.1 Å². The van der Waals surface area contributed by atoms with E-state index in [2.05, 4.69) is 25.3 Å². The molecule has 0 aliphatic heterocycles. The quantitative estimate of drug-likeness (QED) is 0.365. The molecule has 3 heterocycles. The fourth-order valence-electron chi connectivity index (χ4n) is 3.15. The van der Waals surface area contributed by atoms with E-state index >= 15 is 0 Å². The summed E-state index contributed by atoms with van der Waals surface area (Å²) in [5.74, 6) is 2.01. The molecule has 154 valence electrons.